The van der Waals surface area contributed by atoms with Crippen molar-refractivity contribution in [3.05, 3.63) is 71.8 Å². The van der Waals surface area contributed by atoms with Crippen molar-refractivity contribution in [2.75, 3.05) is 5.21 Å². The van der Waals surface area contributed by atoms with Gasteiger partial charge in [-0.25, -0.2) is 9.59 Å². The van der Waals surface area contributed by atoms with E-state index in [1.807, 2.05) is 60.7 Å². The average molecular weight is 499 g/mol. The number of nitrogens with zero attached hydrogens (tertiary/aromatic N) is 1. The zero-order valence-corrected chi connectivity index (χ0v) is 19.5. The van der Waals surface area contributed by atoms with Crippen LogP contribution in [0.2, 0.25) is 0 Å². The fourth-order valence-electron chi connectivity index (χ4n) is 3.17. The molecule has 11 heteroatoms. The summed E-state index contributed by atoms with van der Waals surface area (Å²) in [7, 11) is -2.24. The van der Waals surface area contributed by atoms with Crippen molar-refractivity contribution < 1.29 is 23.9 Å². The number of halogens is 1. The summed E-state index contributed by atoms with van der Waals surface area (Å²) in [5.41, 5.74) is 0.929. The van der Waals surface area contributed by atoms with Crippen molar-refractivity contribution >= 4 is 60.3 Å². The Balaban J connectivity index is 1.75. The quantitative estimate of drug-likeness (QED) is 0.367. The van der Waals surface area contributed by atoms with Gasteiger partial charge in [0.15, 0.2) is 6.10 Å². The Morgan fingerprint density at radius 1 is 1.26 bits per heavy atom. The molecule has 0 saturated carbocycles. The number of nitrogens with one attached hydrogen (secondary N) is 1. The van der Waals surface area contributed by atoms with Crippen LogP contribution in [-0.4, -0.2) is 37.1 Å². The number of hydrogen-bond acceptors (Lipinski definition) is 6. The van der Waals surface area contributed by atoms with Crippen LogP contribution in [0.25, 0.3) is 0 Å². The number of carbonyl (C=O) groups excluding carboxylic acids is 3. The SMILES string of the molecule is C[C@]1(NC=O)S[C@H]2OC(=O)N2S(C(=O)OC(c2ccccc2)c2ccccc2)=S1CCl. The molecule has 4 atom stereocenters. The third kappa shape index (κ3) is 4.21. The molecule has 0 bridgehead atoms. The van der Waals surface area contributed by atoms with Gasteiger partial charge in [-0.3, -0.25) is 4.79 Å². The van der Waals surface area contributed by atoms with E-state index in [4.69, 9.17) is 21.1 Å². The zero-order chi connectivity index (χ0) is 22.0. The highest BCUT2D eigenvalue weighted by Crippen LogP contribution is 2.45. The first-order valence-electron chi connectivity index (χ1n) is 9.20. The van der Waals surface area contributed by atoms with E-state index < -0.39 is 46.4 Å². The van der Waals surface area contributed by atoms with E-state index in [-0.39, 0.29) is 5.21 Å². The minimum Gasteiger partial charge on any atom is -0.443 e. The molecule has 2 heterocycles. The maximum Gasteiger partial charge on any atom is 0.426 e. The maximum absolute atomic E-state index is 13.5. The summed E-state index contributed by atoms with van der Waals surface area (Å²) in [5.74, 6) is 0. The van der Waals surface area contributed by atoms with Crippen LogP contribution in [-0.2, 0) is 33.4 Å². The van der Waals surface area contributed by atoms with Gasteiger partial charge in [0.25, 0.3) is 0 Å². The summed E-state index contributed by atoms with van der Waals surface area (Å²) in [5, 5.41) is 2.26. The number of carbonyl (C=O) groups is 3. The Labute approximate surface area is 193 Å². The van der Waals surface area contributed by atoms with Crippen LogP contribution >= 0.6 is 23.4 Å². The minimum absolute atomic E-state index is 0.0698. The lowest BCUT2D eigenvalue weighted by atomic mass is 10.0. The topological polar surface area (TPSA) is 84.9 Å². The summed E-state index contributed by atoms with van der Waals surface area (Å²) in [6.45, 7) is 1.78. The lowest BCUT2D eigenvalue weighted by molar-refractivity contribution is -0.109. The molecule has 0 radical (unpaired) electrons. The van der Waals surface area contributed by atoms with Crippen molar-refractivity contribution in [2.45, 2.75) is 22.8 Å². The van der Waals surface area contributed by atoms with Gasteiger partial charge in [-0.15, -0.1) is 11.6 Å². The molecule has 2 aromatic carbocycles. The summed E-state index contributed by atoms with van der Waals surface area (Å²) in [6, 6.07) is 18.8. The van der Waals surface area contributed by atoms with Gasteiger partial charge in [0.1, 0.15) is 4.20 Å². The van der Waals surface area contributed by atoms with Gasteiger partial charge in [-0.2, -0.15) is 4.31 Å². The molecule has 4 rings (SSSR count). The van der Waals surface area contributed by atoms with E-state index in [0.29, 0.717) is 6.41 Å². The second-order valence-electron chi connectivity index (χ2n) is 6.62. The number of hydrogen-bond donors (Lipinski definition) is 1. The first kappa shape index (κ1) is 22.2. The van der Waals surface area contributed by atoms with Crippen molar-refractivity contribution in [2.24, 2.45) is 0 Å². The molecular formula is C20H19ClN2O5S3. The molecule has 31 heavy (non-hydrogen) atoms. The van der Waals surface area contributed by atoms with Crippen molar-refractivity contribution in [1.29, 1.82) is 0 Å². The van der Waals surface area contributed by atoms with E-state index in [2.05, 4.69) is 5.32 Å². The fourth-order valence-corrected chi connectivity index (χ4v) is 12.7. The Kier molecular flexibility index (Phi) is 6.61. The molecule has 1 fully saturated rings. The Morgan fingerprint density at radius 3 is 2.32 bits per heavy atom. The molecule has 0 spiro atoms. The average Bonchev–Trinajstić information content (AvgIpc) is 2.77. The molecule has 7 nitrogen and oxygen atoms in total. The first-order chi connectivity index (χ1) is 15.0. The van der Waals surface area contributed by atoms with Crippen molar-refractivity contribution in [3.63, 3.8) is 0 Å². The number of amides is 2. The van der Waals surface area contributed by atoms with Gasteiger partial charge in [0.05, 0.1) is 14.9 Å². The monoisotopic (exact) mass is 498 g/mol. The first-order valence-corrected chi connectivity index (χ1v) is 13.7. The highest BCUT2D eigenvalue weighted by Gasteiger charge is 2.55. The zero-order valence-electron chi connectivity index (χ0n) is 16.3. The Bertz CT molecular complexity index is 1000. The van der Waals surface area contributed by atoms with Crippen LogP contribution in [0.15, 0.2) is 60.7 Å². The Morgan fingerprint density at radius 2 is 1.84 bits per heavy atom. The van der Waals surface area contributed by atoms with E-state index >= 15 is 0 Å². The molecule has 2 aliphatic heterocycles. The normalized spacial score (nSPS) is 27.0. The molecule has 2 aromatic rings. The molecular weight excluding hydrogens is 480 g/mol. The van der Waals surface area contributed by atoms with Gasteiger partial charge >= 0.3 is 11.4 Å². The summed E-state index contributed by atoms with van der Waals surface area (Å²) in [6.07, 6.45) is -0.678. The van der Waals surface area contributed by atoms with E-state index in [0.717, 1.165) is 11.1 Å². The highest BCUT2D eigenvalue weighted by molar-refractivity contribution is 8.53. The van der Waals surface area contributed by atoms with Gasteiger partial charge in [0, 0.05) is 0 Å². The summed E-state index contributed by atoms with van der Waals surface area (Å²) >= 11 is 7.50. The third-order valence-corrected chi connectivity index (χ3v) is 14.2. The minimum atomic E-state index is -1.33. The van der Waals surface area contributed by atoms with Crippen molar-refractivity contribution in [3.8, 4) is 0 Å². The number of ether oxygens (including phenoxy) is 2. The lowest BCUT2D eigenvalue weighted by Crippen LogP contribution is -2.63. The van der Waals surface area contributed by atoms with Crippen LogP contribution in [0.3, 0.4) is 0 Å². The fraction of sp³-hybridized carbons (Fsp3) is 0.250. The van der Waals surface area contributed by atoms with Gasteiger partial charge in [-0.05, 0) is 18.1 Å². The molecule has 0 aliphatic carbocycles. The number of thioether (sulfide) groups is 1. The number of fused-ring (bicyclic) bond motifs is 1. The standard InChI is InChI=1S/C20H19ClN2O5S3/c1-20(22-13-24)29-18-23(17(25)28-18)31(30(20)12-21)19(26)27-16(14-8-4-2-5-9-14)15-10-6-3-7-11-15/h2-11,13,16,18H,12H2,1H3,(H,22,24)/t18-,20+,30?,31?/m1/s1. The van der Waals surface area contributed by atoms with Crippen LogP contribution in [0.4, 0.5) is 9.59 Å². The predicted octanol–water partition coefficient (Wildman–Crippen LogP) is 4.08. The van der Waals surface area contributed by atoms with Gasteiger partial charge in [-0.1, -0.05) is 81.9 Å². The Hall–Kier alpha value is -2.01. The molecule has 2 amide bonds. The second kappa shape index (κ2) is 9.23. The summed E-state index contributed by atoms with van der Waals surface area (Å²) < 4.78 is 11.7. The second-order valence-corrected chi connectivity index (χ2v) is 14.1. The number of benzene rings is 2. The highest BCUT2D eigenvalue weighted by atomic mass is 35.5. The smallest absolute Gasteiger partial charge is 0.426 e. The van der Waals surface area contributed by atoms with E-state index in [1.54, 1.807) is 6.92 Å². The van der Waals surface area contributed by atoms with Gasteiger partial charge in [0.2, 0.25) is 12.0 Å². The molecule has 2 aliphatic rings. The molecule has 2 unspecified atom stereocenters. The van der Waals surface area contributed by atoms with Crippen LogP contribution in [0.1, 0.15) is 24.2 Å². The maximum atomic E-state index is 13.5. The third-order valence-electron chi connectivity index (χ3n) is 4.68. The van der Waals surface area contributed by atoms with E-state index in [9.17, 15) is 14.4 Å². The summed E-state index contributed by atoms with van der Waals surface area (Å²) in [4.78, 5) is 36.9. The lowest BCUT2D eigenvalue weighted by Gasteiger charge is -2.49. The van der Waals surface area contributed by atoms with Crippen molar-refractivity contribution in [1.82, 2.24) is 9.62 Å². The van der Waals surface area contributed by atoms with E-state index in [1.165, 1.54) is 16.1 Å². The largest absolute Gasteiger partial charge is 0.443 e. The molecule has 0 aromatic heterocycles. The number of rotatable bonds is 6. The van der Waals surface area contributed by atoms with Gasteiger partial charge < -0.3 is 14.8 Å². The van der Waals surface area contributed by atoms with Crippen LogP contribution < -0.4 is 5.32 Å². The molecule has 1 saturated heterocycles. The predicted molar refractivity (Wildman–Crippen MR) is 124 cm³/mol. The van der Waals surface area contributed by atoms with Crippen LogP contribution in [0.5, 0.6) is 0 Å². The van der Waals surface area contributed by atoms with Crippen LogP contribution in [0, 0.1) is 0 Å². The molecule has 164 valence electrons. The molecule has 1 N–H and O–H groups in total. The number of alkyl halides is 1.